The Kier molecular flexibility index (Phi) is 2.34. The molecule has 0 saturated carbocycles. The van der Waals surface area contributed by atoms with Gasteiger partial charge < -0.3 is 10.1 Å². The Labute approximate surface area is 102 Å². The third-order valence-electron chi connectivity index (χ3n) is 2.92. The third-order valence-corrected chi connectivity index (χ3v) is 3.47. The molecule has 6 heteroatoms. The number of nitrogens with zero attached hydrogens (tertiary/aromatic N) is 2. The lowest BCUT2D eigenvalue weighted by Crippen LogP contribution is -2.49. The fraction of sp³-hybridized carbons (Fsp3) is 0.364. The Morgan fingerprint density at radius 2 is 2.29 bits per heavy atom. The molecule has 1 saturated heterocycles. The zero-order valence-corrected chi connectivity index (χ0v) is 10.1. The fourth-order valence-corrected chi connectivity index (χ4v) is 2.27. The summed E-state index contributed by atoms with van der Waals surface area (Å²) in [4.78, 5) is 12.0. The van der Waals surface area contributed by atoms with Crippen LogP contribution in [-0.2, 0) is 9.53 Å². The highest BCUT2D eigenvalue weighted by atomic mass is 32.1. The molecule has 2 aromatic rings. The van der Waals surface area contributed by atoms with Gasteiger partial charge in [-0.3, -0.25) is 4.79 Å². The normalized spacial score (nSPS) is 17.7. The van der Waals surface area contributed by atoms with Crippen LogP contribution in [0.1, 0.15) is 6.92 Å². The number of carbonyl (C=O) groups excluding carboxylic acids is 1. The quantitative estimate of drug-likeness (QED) is 0.879. The molecule has 1 aliphatic heterocycles. The van der Waals surface area contributed by atoms with Gasteiger partial charge in [-0.15, -0.1) is 0 Å². The van der Waals surface area contributed by atoms with Crippen molar-refractivity contribution in [2.24, 2.45) is 5.41 Å². The van der Waals surface area contributed by atoms with Crippen molar-refractivity contribution >= 4 is 34.4 Å². The van der Waals surface area contributed by atoms with E-state index in [1.807, 2.05) is 25.1 Å². The summed E-state index contributed by atoms with van der Waals surface area (Å²) in [6.45, 7) is 2.85. The van der Waals surface area contributed by atoms with E-state index in [1.54, 1.807) is 0 Å². The van der Waals surface area contributed by atoms with Crippen molar-refractivity contribution in [1.82, 2.24) is 8.75 Å². The summed E-state index contributed by atoms with van der Waals surface area (Å²) in [5, 5.41) is 2.90. The molecule has 88 valence electrons. The van der Waals surface area contributed by atoms with Crippen molar-refractivity contribution in [1.29, 1.82) is 0 Å². The number of amides is 1. The summed E-state index contributed by atoms with van der Waals surface area (Å²) >= 11 is 1.15. The number of hydrogen-bond acceptors (Lipinski definition) is 5. The van der Waals surface area contributed by atoms with Crippen LogP contribution in [0.3, 0.4) is 0 Å². The van der Waals surface area contributed by atoms with Gasteiger partial charge in [0.05, 0.1) is 36.0 Å². The van der Waals surface area contributed by atoms with E-state index in [2.05, 4.69) is 14.1 Å². The van der Waals surface area contributed by atoms with Crippen LogP contribution in [0, 0.1) is 5.41 Å². The first-order valence-electron chi connectivity index (χ1n) is 5.29. The third kappa shape index (κ3) is 1.69. The number of hydrogen-bond donors (Lipinski definition) is 1. The zero-order valence-electron chi connectivity index (χ0n) is 9.27. The highest BCUT2D eigenvalue weighted by Gasteiger charge is 2.41. The Balaban J connectivity index is 1.90. The maximum atomic E-state index is 12.0. The van der Waals surface area contributed by atoms with Crippen molar-refractivity contribution in [2.75, 3.05) is 18.5 Å². The van der Waals surface area contributed by atoms with Crippen LogP contribution in [0.2, 0.25) is 0 Å². The van der Waals surface area contributed by atoms with Crippen molar-refractivity contribution in [3.63, 3.8) is 0 Å². The molecule has 1 fully saturated rings. The van der Waals surface area contributed by atoms with Gasteiger partial charge in [-0.05, 0) is 19.1 Å². The Bertz CT molecular complexity index is 577. The number of aromatic nitrogens is 2. The molecule has 5 nitrogen and oxygen atoms in total. The van der Waals surface area contributed by atoms with Crippen molar-refractivity contribution < 1.29 is 9.53 Å². The number of carbonyl (C=O) groups is 1. The minimum absolute atomic E-state index is 0.0238. The second-order valence-electron chi connectivity index (χ2n) is 4.45. The summed E-state index contributed by atoms with van der Waals surface area (Å²) in [6.07, 6.45) is 0. The molecule has 1 aromatic heterocycles. The van der Waals surface area contributed by atoms with Crippen LogP contribution < -0.4 is 5.32 Å². The molecule has 17 heavy (non-hydrogen) atoms. The van der Waals surface area contributed by atoms with Gasteiger partial charge in [-0.2, -0.15) is 8.75 Å². The average Bonchev–Trinajstić information content (AvgIpc) is 2.75. The van der Waals surface area contributed by atoms with Crippen LogP contribution in [-0.4, -0.2) is 27.9 Å². The highest BCUT2D eigenvalue weighted by Crippen LogP contribution is 2.29. The van der Waals surface area contributed by atoms with Gasteiger partial charge in [0.25, 0.3) is 0 Å². The van der Waals surface area contributed by atoms with E-state index in [9.17, 15) is 4.79 Å². The Hall–Kier alpha value is -1.53. The predicted octanol–water partition coefficient (Wildman–Crippen LogP) is 1.67. The lowest BCUT2D eigenvalue weighted by atomic mass is 9.87. The molecule has 0 bridgehead atoms. The Morgan fingerprint density at radius 1 is 1.47 bits per heavy atom. The maximum absolute atomic E-state index is 12.0. The molecule has 1 amide bonds. The lowest BCUT2D eigenvalue weighted by Gasteiger charge is -2.36. The summed E-state index contributed by atoms with van der Waals surface area (Å²) in [7, 11) is 0. The monoisotopic (exact) mass is 249 g/mol. The van der Waals surface area contributed by atoms with Crippen LogP contribution in [0.4, 0.5) is 5.69 Å². The van der Waals surface area contributed by atoms with Gasteiger partial charge in [0.1, 0.15) is 11.0 Å². The summed E-state index contributed by atoms with van der Waals surface area (Å²) < 4.78 is 13.4. The number of rotatable bonds is 2. The molecule has 0 atom stereocenters. The zero-order chi connectivity index (χ0) is 11.9. The molecule has 0 aliphatic carbocycles. The first-order chi connectivity index (χ1) is 8.19. The van der Waals surface area contributed by atoms with Crippen molar-refractivity contribution in [3.8, 4) is 0 Å². The van der Waals surface area contributed by atoms with E-state index in [0.29, 0.717) is 13.2 Å². The van der Waals surface area contributed by atoms with Crippen LogP contribution >= 0.6 is 11.7 Å². The number of benzene rings is 1. The summed E-state index contributed by atoms with van der Waals surface area (Å²) in [5.41, 5.74) is 1.86. The molecule has 1 aromatic carbocycles. The van der Waals surface area contributed by atoms with Gasteiger partial charge >= 0.3 is 0 Å². The number of nitrogens with one attached hydrogen (secondary N) is 1. The van der Waals surface area contributed by atoms with Crippen LogP contribution in [0.25, 0.3) is 11.0 Å². The minimum Gasteiger partial charge on any atom is -0.379 e. The lowest BCUT2D eigenvalue weighted by molar-refractivity contribution is -0.151. The van der Waals surface area contributed by atoms with Crippen LogP contribution in [0.5, 0.6) is 0 Å². The second-order valence-corrected chi connectivity index (χ2v) is 4.97. The van der Waals surface area contributed by atoms with E-state index in [0.717, 1.165) is 28.4 Å². The second kappa shape index (κ2) is 3.75. The van der Waals surface area contributed by atoms with E-state index in [-0.39, 0.29) is 5.91 Å². The van der Waals surface area contributed by atoms with Gasteiger partial charge in [-0.1, -0.05) is 6.07 Å². The molecule has 0 unspecified atom stereocenters. The molecule has 1 N–H and O–H groups in total. The van der Waals surface area contributed by atoms with E-state index in [4.69, 9.17) is 4.74 Å². The van der Waals surface area contributed by atoms with Gasteiger partial charge in [0.15, 0.2) is 0 Å². The average molecular weight is 249 g/mol. The number of ether oxygens (including phenoxy) is 1. The van der Waals surface area contributed by atoms with Crippen molar-refractivity contribution in [2.45, 2.75) is 6.92 Å². The van der Waals surface area contributed by atoms with Gasteiger partial charge in [0, 0.05) is 0 Å². The first kappa shape index (κ1) is 10.6. The van der Waals surface area contributed by atoms with Gasteiger partial charge in [-0.25, -0.2) is 0 Å². The van der Waals surface area contributed by atoms with E-state index >= 15 is 0 Å². The van der Waals surface area contributed by atoms with Crippen LogP contribution in [0.15, 0.2) is 18.2 Å². The standard InChI is InChI=1S/C11H11N3O2S/c1-11(5-16-6-11)10(15)12-7-3-2-4-8-9(7)14-17-13-8/h2-4H,5-6H2,1H3,(H,12,15). The van der Waals surface area contributed by atoms with E-state index in [1.165, 1.54) is 0 Å². The minimum atomic E-state index is -0.411. The molecule has 0 spiro atoms. The molecule has 0 radical (unpaired) electrons. The highest BCUT2D eigenvalue weighted by molar-refractivity contribution is 7.00. The first-order valence-corrected chi connectivity index (χ1v) is 6.03. The fourth-order valence-electron chi connectivity index (χ4n) is 1.72. The van der Waals surface area contributed by atoms with Crippen molar-refractivity contribution in [3.05, 3.63) is 18.2 Å². The molecule has 1 aliphatic rings. The van der Waals surface area contributed by atoms with E-state index < -0.39 is 5.41 Å². The predicted molar refractivity (Wildman–Crippen MR) is 65.0 cm³/mol. The topological polar surface area (TPSA) is 64.1 Å². The molecule has 3 rings (SSSR count). The summed E-state index contributed by atoms with van der Waals surface area (Å²) in [6, 6.07) is 5.58. The van der Waals surface area contributed by atoms with Gasteiger partial charge in [0.2, 0.25) is 5.91 Å². The number of fused-ring (bicyclic) bond motifs is 1. The largest absolute Gasteiger partial charge is 0.379 e. The molecular formula is C11H11N3O2S. The number of anilines is 1. The summed E-state index contributed by atoms with van der Waals surface area (Å²) in [5.74, 6) is -0.0238. The Morgan fingerprint density at radius 3 is 3.00 bits per heavy atom. The SMILES string of the molecule is CC1(C(=O)Nc2cccc3nsnc23)COC1. The molecular weight excluding hydrogens is 238 g/mol. The maximum Gasteiger partial charge on any atom is 0.235 e. The smallest absolute Gasteiger partial charge is 0.235 e. The molecule has 2 heterocycles.